The minimum Gasteiger partial charge on any atom is -0.354 e. The first-order chi connectivity index (χ1) is 8.65. The molecule has 0 aliphatic carbocycles. The highest BCUT2D eigenvalue weighted by Crippen LogP contribution is 2.22. The molecule has 0 saturated heterocycles. The number of hydrogen-bond donors (Lipinski definition) is 2. The van der Waals surface area contributed by atoms with Gasteiger partial charge in [-0.1, -0.05) is 6.07 Å². The van der Waals surface area contributed by atoms with Crippen LogP contribution < -0.4 is 10.6 Å². The average molecular weight is 269 g/mol. The summed E-state index contributed by atoms with van der Waals surface area (Å²) in [5.74, 6) is 0.133. The Hall–Kier alpha value is -0.910. The number of carbonyl (C=O) groups excluding carboxylic acids is 1. The van der Waals surface area contributed by atoms with E-state index in [0.717, 1.165) is 13.0 Å². The van der Waals surface area contributed by atoms with E-state index in [1.54, 1.807) is 11.3 Å². The van der Waals surface area contributed by atoms with E-state index in [2.05, 4.69) is 27.0 Å². The number of rotatable bonds is 8. The second-order valence-electron chi connectivity index (χ2n) is 4.51. The van der Waals surface area contributed by atoms with Crippen LogP contribution in [0.25, 0.3) is 0 Å². The topological polar surface area (TPSA) is 44.4 Å². The van der Waals surface area contributed by atoms with Crippen LogP contribution in [0.4, 0.5) is 0 Å². The second kappa shape index (κ2) is 8.24. The monoisotopic (exact) mass is 269 g/mol. The first-order valence-electron chi connectivity index (χ1n) is 6.26. The molecule has 0 saturated carbocycles. The molecule has 2 N–H and O–H groups in total. The Kier molecular flexibility index (Phi) is 6.93. The summed E-state index contributed by atoms with van der Waals surface area (Å²) in [4.78, 5) is 15.1. The van der Waals surface area contributed by atoms with E-state index in [4.69, 9.17) is 0 Å². The second-order valence-corrected chi connectivity index (χ2v) is 5.49. The van der Waals surface area contributed by atoms with Gasteiger partial charge < -0.3 is 15.5 Å². The highest BCUT2D eigenvalue weighted by atomic mass is 32.1. The van der Waals surface area contributed by atoms with Crippen LogP contribution in [0.15, 0.2) is 17.5 Å². The Morgan fingerprint density at radius 3 is 2.83 bits per heavy atom. The van der Waals surface area contributed by atoms with Crippen molar-refractivity contribution in [1.29, 1.82) is 0 Å². The average Bonchev–Trinajstić information content (AvgIpc) is 2.83. The van der Waals surface area contributed by atoms with Crippen molar-refractivity contribution in [3.8, 4) is 0 Å². The summed E-state index contributed by atoms with van der Waals surface area (Å²) in [6.07, 6.45) is 1.47. The summed E-state index contributed by atoms with van der Waals surface area (Å²) in [6.45, 7) is 1.56. The Balaban J connectivity index is 2.37. The molecule has 1 unspecified atom stereocenters. The van der Waals surface area contributed by atoms with Crippen molar-refractivity contribution in [3.05, 3.63) is 22.4 Å². The molecule has 1 aromatic heterocycles. The van der Waals surface area contributed by atoms with Gasteiger partial charge in [-0.3, -0.25) is 4.79 Å². The zero-order chi connectivity index (χ0) is 13.4. The zero-order valence-electron chi connectivity index (χ0n) is 11.4. The predicted octanol–water partition coefficient (Wildman–Crippen LogP) is 1.47. The van der Waals surface area contributed by atoms with Gasteiger partial charge in [0.25, 0.3) is 0 Å². The summed E-state index contributed by atoms with van der Waals surface area (Å²) in [5, 5.41) is 8.12. The lowest BCUT2D eigenvalue weighted by Crippen LogP contribution is -2.34. The van der Waals surface area contributed by atoms with Crippen LogP contribution in [-0.2, 0) is 4.79 Å². The molecule has 102 valence electrons. The molecule has 4 nitrogen and oxygen atoms in total. The van der Waals surface area contributed by atoms with Gasteiger partial charge in [0.2, 0.25) is 5.91 Å². The van der Waals surface area contributed by atoms with Crippen LogP contribution in [0, 0.1) is 0 Å². The lowest BCUT2D eigenvalue weighted by molar-refractivity contribution is -0.121. The summed E-state index contributed by atoms with van der Waals surface area (Å²) < 4.78 is 0. The molecule has 0 radical (unpaired) electrons. The lowest BCUT2D eigenvalue weighted by Gasteiger charge is -2.23. The number of nitrogens with one attached hydrogen (secondary N) is 2. The molecule has 1 rings (SSSR count). The minimum atomic E-state index is 0.133. The van der Waals surface area contributed by atoms with E-state index in [-0.39, 0.29) is 11.9 Å². The molecule has 1 aromatic rings. The Morgan fingerprint density at radius 1 is 1.50 bits per heavy atom. The molecule has 1 atom stereocenters. The van der Waals surface area contributed by atoms with Gasteiger partial charge >= 0.3 is 0 Å². The molecule has 0 fully saturated rings. The molecule has 0 aliphatic rings. The fourth-order valence-electron chi connectivity index (χ4n) is 1.74. The van der Waals surface area contributed by atoms with Crippen molar-refractivity contribution in [3.63, 3.8) is 0 Å². The normalized spacial score (nSPS) is 12.7. The van der Waals surface area contributed by atoms with Crippen molar-refractivity contribution in [2.75, 3.05) is 34.2 Å². The molecule has 5 heteroatoms. The Morgan fingerprint density at radius 2 is 2.28 bits per heavy atom. The van der Waals surface area contributed by atoms with E-state index >= 15 is 0 Å². The number of thiophene rings is 1. The third kappa shape index (κ3) is 5.16. The van der Waals surface area contributed by atoms with Crippen molar-refractivity contribution in [2.45, 2.75) is 18.9 Å². The number of likely N-dealkylation sites (N-methyl/N-ethyl adjacent to an activating group) is 1. The first kappa shape index (κ1) is 15.1. The van der Waals surface area contributed by atoms with Gasteiger partial charge in [0.15, 0.2) is 0 Å². The highest BCUT2D eigenvalue weighted by Gasteiger charge is 2.15. The molecule has 18 heavy (non-hydrogen) atoms. The van der Waals surface area contributed by atoms with Crippen LogP contribution in [-0.4, -0.2) is 45.0 Å². The Bertz CT molecular complexity index is 338. The largest absolute Gasteiger partial charge is 0.354 e. The molecular formula is C13H23N3OS. The fourth-order valence-corrected chi connectivity index (χ4v) is 2.67. The molecule has 1 heterocycles. The van der Waals surface area contributed by atoms with Gasteiger partial charge in [0, 0.05) is 17.8 Å². The van der Waals surface area contributed by atoms with Gasteiger partial charge in [0.1, 0.15) is 0 Å². The third-order valence-electron chi connectivity index (χ3n) is 2.82. The van der Waals surface area contributed by atoms with Gasteiger partial charge in [-0.05, 0) is 45.6 Å². The van der Waals surface area contributed by atoms with Crippen molar-refractivity contribution in [1.82, 2.24) is 15.5 Å². The van der Waals surface area contributed by atoms with E-state index < -0.39 is 0 Å². The van der Waals surface area contributed by atoms with Gasteiger partial charge in [-0.15, -0.1) is 11.3 Å². The van der Waals surface area contributed by atoms with Crippen molar-refractivity contribution < 1.29 is 4.79 Å². The smallest absolute Gasteiger partial charge is 0.220 e. The van der Waals surface area contributed by atoms with Crippen LogP contribution in [0.2, 0.25) is 0 Å². The summed E-state index contributed by atoms with van der Waals surface area (Å²) >= 11 is 1.73. The summed E-state index contributed by atoms with van der Waals surface area (Å²) in [5.41, 5.74) is 0. The van der Waals surface area contributed by atoms with Gasteiger partial charge in [-0.2, -0.15) is 0 Å². The minimum absolute atomic E-state index is 0.133. The van der Waals surface area contributed by atoms with Crippen molar-refractivity contribution in [2.24, 2.45) is 0 Å². The van der Waals surface area contributed by atoms with E-state index in [1.165, 1.54) is 4.88 Å². The number of hydrogen-bond acceptors (Lipinski definition) is 4. The fraction of sp³-hybridized carbons (Fsp3) is 0.615. The van der Waals surface area contributed by atoms with E-state index in [9.17, 15) is 4.79 Å². The maximum absolute atomic E-state index is 11.7. The van der Waals surface area contributed by atoms with Crippen molar-refractivity contribution >= 4 is 17.2 Å². The van der Waals surface area contributed by atoms with E-state index in [0.29, 0.717) is 13.0 Å². The number of amides is 1. The lowest BCUT2D eigenvalue weighted by atomic mass is 10.2. The molecule has 0 aliphatic heterocycles. The van der Waals surface area contributed by atoms with E-state index in [1.807, 2.05) is 27.2 Å². The summed E-state index contributed by atoms with van der Waals surface area (Å²) in [6, 6.07) is 4.42. The quantitative estimate of drug-likeness (QED) is 0.702. The van der Waals surface area contributed by atoms with Gasteiger partial charge in [-0.25, -0.2) is 0 Å². The molecule has 0 aromatic carbocycles. The number of nitrogens with zero attached hydrogens (tertiary/aromatic N) is 1. The summed E-state index contributed by atoms with van der Waals surface area (Å²) in [7, 11) is 5.98. The predicted molar refractivity (Wildman–Crippen MR) is 76.9 cm³/mol. The number of carbonyl (C=O) groups is 1. The highest BCUT2D eigenvalue weighted by molar-refractivity contribution is 7.10. The van der Waals surface area contributed by atoms with Crippen LogP contribution in [0.3, 0.4) is 0 Å². The van der Waals surface area contributed by atoms with Gasteiger partial charge in [0.05, 0.1) is 6.04 Å². The van der Waals surface area contributed by atoms with Crippen LogP contribution in [0.1, 0.15) is 23.8 Å². The Labute approximate surface area is 113 Å². The zero-order valence-corrected chi connectivity index (χ0v) is 12.2. The van der Waals surface area contributed by atoms with Crippen LogP contribution >= 0.6 is 11.3 Å². The molecular weight excluding hydrogens is 246 g/mol. The standard InChI is InChI=1S/C13H23N3OS/c1-14-8-4-7-13(17)15-10-11(16(2)3)12-6-5-9-18-12/h5-6,9,11,14H,4,7-8,10H2,1-3H3,(H,15,17). The SMILES string of the molecule is CNCCCC(=O)NCC(c1cccs1)N(C)C. The molecule has 1 amide bonds. The third-order valence-corrected chi connectivity index (χ3v) is 3.79. The maximum atomic E-state index is 11.7. The van der Waals surface area contributed by atoms with Crippen LogP contribution in [0.5, 0.6) is 0 Å². The molecule has 0 bridgehead atoms. The maximum Gasteiger partial charge on any atom is 0.220 e. The first-order valence-corrected chi connectivity index (χ1v) is 7.14. The molecule has 0 spiro atoms.